The van der Waals surface area contributed by atoms with Crippen LogP contribution in [0.4, 0.5) is 5.95 Å². The van der Waals surface area contributed by atoms with Crippen molar-refractivity contribution in [1.29, 1.82) is 0 Å². The van der Waals surface area contributed by atoms with Gasteiger partial charge < -0.3 is 10.1 Å². The van der Waals surface area contributed by atoms with E-state index in [2.05, 4.69) is 20.5 Å². The number of hydrogen-bond acceptors (Lipinski definition) is 5. The molecule has 0 bridgehead atoms. The van der Waals surface area contributed by atoms with Gasteiger partial charge in [0.1, 0.15) is 11.9 Å². The molecule has 0 fully saturated rings. The highest BCUT2D eigenvalue weighted by molar-refractivity contribution is 6.03. The number of hydrogen-bond donors (Lipinski definition) is 3. The van der Waals surface area contributed by atoms with E-state index >= 15 is 0 Å². The largest absolute Gasteiger partial charge is 0.388 e. The standard InChI is InChI=1S/C18H17N5O3/c24-15-8-4-7-14-12(15)9-13(16(25)20-14)17(26)21-18-22-19-10-23(18)11-5-2-1-3-6-11/h1-3,5-6,9-10,15,24H,4,7-8H2,(H,20,25)(H,21,22,26). The number of carbonyl (C=O) groups is 1. The number of aromatic amines is 1. The first-order valence-corrected chi connectivity index (χ1v) is 8.34. The van der Waals surface area contributed by atoms with Gasteiger partial charge in [0.25, 0.3) is 11.5 Å². The first kappa shape index (κ1) is 16.2. The Kier molecular flexibility index (Phi) is 4.10. The van der Waals surface area contributed by atoms with Gasteiger partial charge in [-0.2, -0.15) is 0 Å². The van der Waals surface area contributed by atoms with Gasteiger partial charge in [0.15, 0.2) is 0 Å². The van der Waals surface area contributed by atoms with Crippen LogP contribution in [-0.2, 0) is 6.42 Å². The maximum atomic E-state index is 12.6. The zero-order valence-corrected chi connectivity index (χ0v) is 13.8. The van der Waals surface area contributed by atoms with Crippen molar-refractivity contribution in [1.82, 2.24) is 19.7 Å². The van der Waals surface area contributed by atoms with Gasteiger partial charge in [-0.1, -0.05) is 18.2 Å². The first-order valence-electron chi connectivity index (χ1n) is 8.34. The van der Waals surface area contributed by atoms with Gasteiger partial charge in [-0.05, 0) is 37.5 Å². The van der Waals surface area contributed by atoms with Crippen LogP contribution in [0.5, 0.6) is 0 Å². The molecule has 0 saturated heterocycles. The maximum Gasteiger partial charge on any atom is 0.263 e. The third-order valence-corrected chi connectivity index (χ3v) is 4.47. The normalized spacial score (nSPS) is 16.1. The SMILES string of the molecule is O=C(Nc1nncn1-c1ccccc1)c1cc2c([nH]c1=O)CCCC2O. The molecule has 3 N–H and O–H groups in total. The average Bonchev–Trinajstić information content (AvgIpc) is 3.10. The number of anilines is 1. The van der Waals surface area contributed by atoms with Crippen molar-refractivity contribution in [3.8, 4) is 5.69 Å². The summed E-state index contributed by atoms with van der Waals surface area (Å²) in [5, 5.41) is 20.5. The molecule has 3 aromatic rings. The van der Waals surface area contributed by atoms with Crippen LogP contribution >= 0.6 is 0 Å². The second kappa shape index (κ2) is 6.57. The van der Waals surface area contributed by atoms with E-state index in [9.17, 15) is 14.7 Å². The van der Waals surface area contributed by atoms with E-state index in [1.165, 1.54) is 12.4 Å². The van der Waals surface area contributed by atoms with E-state index in [1.54, 1.807) is 4.57 Å². The molecule has 0 radical (unpaired) electrons. The summed E-state index contributed by atoms with van der Waals surface area (Å²) in [7, 11) is 0. The Morgan fingerprint density at radius 3 is 2.92 bits per heavy atom. The predicted molar refractivity (Wildman–Crippen MR) is 94.3 cm³/mol. The van der Waals surface area contributed by atoms with Gasteiger partial charge in [-0.25, -0.2) is 0 Å². The summed E-state index contributed by atoms with van der Waals surface area (Å²) < 4.78 is 1.61. The highest BCUT2D eigenvalue weighted by atomic mass is 16.3. The number of pyridine rings is 1. The zero-order chi connectivity index (χ0) is 18.1. The average molecular weight is 351 g/mol. The molecule has 1 atom stereocenters. The first-order chi connectivity index (χ1) is 12.6. The van der Waals surface area contributed by atoms with Gasteiger partial charge >= 0.3 is 0 Å². The van der Waals surface area contributed by atoms with Crippen LogP contribution in [0.3, 0.4) is 0 Å². The van der Waals surface area contributed by atoms with E-state index in [0.29, 0.717) is 24.1 Å². The highest BCUT2D eigenvalue weighted by Gasteiger charge is 2.23. The molecule has 8 nitrogen and oxygen atoms in total. The Hall–Kier alpha value is -3.26. The van der Waals surface area contributed by atoms with Crippen molar-refractivity contribution in [2.24, 2.45) is 0 Å². The lowest BCUT2D eigenvalue weighted by Crippen LogP contribution is -2.27. The van der Waals surface area contributed by atoms with Crippen molar-refractivity contribution in [3.63, 3.8) is 0 Å². The zero-order valence-electron chi connectivity index (χ0n) is 13.8. The molecule has 1 aromatic carbocycles. The van der Waals surface area contributed by atoms with Crippen LogP contribution in [0, 0.1) is 0 Å². The van der Waals surface area contributed by atoms with E-state index in [4.69, 9.17) is 0 Å². The molecule has 0 spiro atoms. The number of carbonyl (C=O) groups excluding carboxylic acids is 1. The van der Waals surface area contributed by atoms with Gasteiger partial charge in [0.2, 0.25) is 5.95 Å². The van der Waals surface area contributed by atoms with Crippen LogP contribution in [0.2, 0.25) is 0 Å². The second-order valence-corrected chi connectivity index (χ2v) is 6.17. The molecule has 132 valence electrons. The fourth-order valence-electron chi connectivity index (χ4n) is 3.15. The van der Waals surface area contributed by atoms with Gasteiger partial charge in [-0.3, -0.25) is 19.5 Å². The van der Waals surface area contributed by atoms with E-state index in [1.807, 2.05) is 30.3 Å². The minimum Gasteiger partial charge on any atom is -0.388 e. The molecule has 1 aliphatic carbocycles. The third kappa shape index (κ3) is 2.91. The van der Waals surface area contributed by atoms with Crippen LogP contribution in [0.25, 0.3) is 5.69 Å². The lowest BCUT2D eigenvalue weighted by molar-refractivity contribution is 0.102. The summed E-state index contributed by atoms with van der Waals surface area (Å²) in [6.45, 7) is 0. The number of aliphatic hydroxyl groups excluding tert-OH is 1. The summed E-state index contributed by atoms with van der Waals surface area (Å²) in [6.07, 6.45) is 2.91. The molecule has 1 unspecified atom stereocenters. The summed E-state index contributed by atoms with van der Waals surface area (Å²) >= 11 is 0. The summed E-state index contributed by atoms with van der Waals surface area (Å²) in [6, 6.07) is 10.8. The molecule has 2 aromatic heterocycles. The minimum absolute atomic E-state index is 0.0627. The van der Waals surface area contributed by atoms with E-state index in [0.717, 1.165) is 12.1 Å². The number of fused-ring (bicyclic) bond motifs is 1. The van der Waals surface area contributed by atoms with Crippen molar-refractivity contribution in [2.75, 3.05) is 5.32 Å². The number of H-pyrrole nitrogens is 1. The summed E-state index contributed by atoms with van der Waals surface area (Å²) in [5.74, 6) is -0.393. The molecular weight excluding hydrogens is 334 g/mol. The summed E-state index contributed by atoms with van der Waals surface area (Å²) in [4.78, 5) is 27.6. The lowest BCUT2D eigenvalue weighted by atomic mass is 9.92. The highest BCUT2D eigenvalue weighted by Crippen LogP contribution is 2.28. The van der Waals surface area contributed by atoms with Gasteiger partial charge in [-0.15, -0.1) is 10.2 Å². The fraction of sp³-hybridized carbons (Fsp3) is 0.222. The molecule has 0 aliphatic heterocycles. The molecule has 8 heteroatoms. The van der Waals surface area contributed by atoms with Crippen LogP contribution < -0.4 is 10.9 Å². The Morgan fingerprint density at radius 2 is 2.12 bits per heavy atom. The molecule has 1 aliphatic rings. The number of nitrogens with zero attached hydrogens (tertiary/aromatic N) is 3. The minimum atomic E-state index is -0.671. The fourth-order valence-corrected chi connectivity index (χ4v) is 3.15. The Balaban J connectivity index is 1.65. The number of nitrogens with one attached hydrogen (secondary N) is 2. The lowest BCUT2D eigenvalue weighted by Gasteiger charge is -2.21. The van der Waals surface area contributed by atoms with Crippen molar-refractivity contribution in [3.05, 3.63) is 69.9 Å². The Bertz CT molecular complexity index is 1010. The number of aromatic nitrogens is 4. The van der Waals surface area contributed by atoms with Crippen molar-refractivity contribution in [2.45, 2.75) is 25.4 Å². The monoisotopic (exact) mass is 351 g/mol. The number of aliphatic hydroxyl groups is 1. The molecular formula is C18H17N5O3. The van der Waals surface area contributed by atoms with Crippen molar-refractivity contribution < 1.29 is 9.90 Å². The quantitative estimate of drug-likeness (QED) is 0.663. The second-order valence-electron chi connectivity index (χ2n) is 6.17. The Labute approximate surface area is 148 Å². The van der Waals surface area contributed by atoms with Crippen LogP contribution in [0.1, 0.15) is 40.6 Å². The number of para-hydroxylation sites is 1. The molecule has 4 rings (SSSR count). The topological polar surface area (TPSA) is 113 Å². The molecule has 0 saturated carbocycles. The number of aryl methyl sites for hydroxylation is 1. The van der Waals surface area contributed by atoms with Gasteiger partial charge in [0.05, 0.1) is 11.8 Å². The van der Waals surface area contributed by atoms with E-state index < -0.39 is 17.6 Å². The maximum absolute atomic E-state index is 12.6. The third-order valence-electron chi connectivity index (χ3n) is 4.47. The molecule has 1 amide bonds. The molecule has 2 heterocycles. The van der Waals surface area contributed by atoms with Gasteiger partial charge in [0, 0.05) is 11.3 Å². The Morgan fingerprint density at radius 1 is 1.31 bits per heavy atom. The smallest absolute Gasteiger partial charge is 0.263 e. The van der Waals surface area contributed by atoms with Crippen LogP contribution in [-0.4, -0.2) is 30.8 Å². The number of rotatable bonds is 3. The molecule has 26 heavy (non-hydrogen) atoms. The number of amides is 1. The van der Waals surface area contributed by atoms with Crippen LogP contribution in [0.15, 0.2) is 47.5 Å². The van der Waals surface area contributed by atoms with E-state index in [-0.39, 0.29) is 11.5 Å². The predicted octanol–water partition coefficient (Wildman–Crippen LogP) is 1.58. The summed E-state index contributed by atoms with van der Waals surface area (Å²) in [5.41, 5.74) is 1.53. The number of benzene rings is 1. The van der Waals surface area contributed by atoms with Crippen molar-refractivity contribution >= 4 is 11.9 Å².